The van der Waals surface area contributed by atoms with Gasteiger partial charge in [-0.15, -0.1) is 0 Å². The van der Waals surface area contributed by atoms with E-state index in [4.69, 9.17) is 14.2 Å². The van der Waals surface area contributed by atoms with Crippen LogP contribution in [0.1, 0.15) is 6.92 Å². The van der Waals surface area contributed by atoms with E-state index in [9.17, 15) is 8.42 Å². The molecule has 0 aliphatic carbocycles. The van der Waals surface area contributed by atoms with Gasteiger partial charge in [-0.1, -0.05) is 12.2 Å². The van der Waals surface area contributed by atoms with Crippen LogP contribution in [-0.2, 0) is 14.8 Å². The topological polar surface area (TPSA) is 73.9 Å². The summed E-state index contributed by atoms with van der Waals surface area (Å²) in [6.45, 7) is 6.37. The van der Waals surface area contributed by atoms with Gasteiger partial charge in [-0.25, -0.2) is 13.1 Å². The van der Waals surface area contributed by atoms with Gasteiger partial charge in [0, 0.05) is 12.6 Å². The zero-order chi connectivity index (χ0) is 15.9. The maximum absolute atomic E-state index is 12.3. The Bertz CT molecular complexity index is 583. The average Bonchev–Trinajstić information content (AvgIpc) is 2.45. The molecule has 0 saturated heterocycles. The molecule has 0 bridgehead atoms. The van der Waals surface area contributed by atoms with E-state index >= 15 is 0 Å². The first-order valence-corrected chi connectivity index (χ1v) is 7.83. The number of ether oxygens (including phenoxy) is 3. The molecule has 0 aliphatic rings. The third-order valence-electron chi connectivity index (χ3n) is 2.55. The van der Waals surface area contributed by atoms with E-state index < -0.39 is 10.0 Å². The molecular formula is C14H21NO5S. The van der Waals surface area contributed by atoms with Crippen LogP contribution in [0.2, 0.25) is 0 Å². The quantitative estimate of drug-likeness (QED) is 0.553. The molecule has 1 N–H and O–H groups in total. The molecule has 0 aliphatic heterocycles. The Hall–Kier alpha value is -1.57. The van der Waals surface area contributed by atoms with Crippen molar-refractivity contribution in [3.05, 3.63) is 30.4 Å². The Balaban J connectivity index is 2.75. The smallest absolute Gasteiger partial charge is 0.244 e. The Labute approximate surface area is 125 Å². The zero-order valence-electron chi connectivity index (χ0n) is 12.5. The van der Waals surface area contributed by atoms with Gasteiger partial charge >= 0.3 is 0 Å². The summed E-state index contributed by atoms with van der Waals surface area (Å²) in [5.41, 5.74) is 0.882. The fourth-order valence-electron chi connectivity index (χ4n) is 1.57. The van der Waals surface area contributed by atoms with Gasteiger partial charge in [0.2, 0.25) is 10.0 Å². The van der Waals surface area contributed by atoms with Crippen LogP contribution in [0, 0.1) is 0 Å². The Kier molecular flexibility index (Phi) is 6.67. The van der Waals surface area contributed by atoms with Crippen LogP contribution in [-0.4, -0.2) is 42.4 Å². The van der Waals surface area contributed by atoms with E-state index in [1.54, 1.807) is 12.1 Å². The molecule has 118 valence electrons. The van der Waals surface area contributed by atoms with Crippen LogP contribution in [0.4, 0.5) is 0 Å². The first-order valence-electron chi connectivity index (χ1n) is 6.34. The van der Waals surface area contributed by atoms with Crippen molar-refractivity contribution in [2.24, 2.45) is 0 Å². The van der Waals surface area contributed by atoms with Crippen molar-refractivity contribution >= 4 is 10.0 Å². The molecule has 0 spiro atoms. The van der Waals surface area contributed by atoms with Crippen LogP contribution in [0.25, 0.3) is 0 Å². The second-order valence-corrected chi connectivity index (χ2v) is 6.16. The molecule has 0 heterocycles. The normalized spacial score (nSPS) is 11.2. The van der Waals surface area contributed by atoms with Crippen LogP contribution in [0.15, 0.2) is 35.2 Å². The molecular weight excluding hydrogens is 294 g/mol. The molecule has 1 aromatic rings. The largest absolute Gasteiger partial charge is 0.497 e. The SMILES string of the molecule is C=C(C)COCCNS(=O)(=O)c1cc(OC)ccc1OC. The number of benzene rings is 1. The highest BCUT2D eigenvalue weighted by molar-refractivity contribution is 7.89. The molecule has 7 heteroatoms. The fourth-order valence-corrected chi connectivity index (χ4v) is 2.76. The highest BCUT2D eigenvalue weighted by Gasteiger charge is 2.20. The number of sulfonamides is 1. The number of hydrogen-bond donors (Lipinski definition) is 1. The van der Waals surface area contributed by atoms with Crippen LogP contribution in [0.5, 0.6) is 11.5 Å². The number of hydrogen-bond acceptors (Lipinski definition) is 5. The lowest BCUT2D eigenvalue weighted by Gasteiger charge is -2.12. The van der Waals surface area contributed by atoms with Gasteiger partial charge in [-0.2, -0.15) is 0 Å². The van der Waals surface area contributed by atoms with E-state index in [0.717, 1.165) is 5.57 Å². The van der Waals surface area contributed by atoms with E-state index in [1.165, 1.54) is 20.3 Å². The summed E-state index contributed by atoms with van der Waals surface area (Å²) in [6, 6.07) is 4.59. The van der Waals surface area contributed by atoms with Crippen molar-refractivity contribution < 1.29 is 22.6 Å². The molecule has 1 aromatic carbocycles. The second kappa shape index (κ2) is 8.02. The zero-order valence-corrected chi connectivity index (χ0v) is 13.3. The summed E-state index contributed by atoms with van der Waals surface area (Å²) in [7, 11) is -0.811. The molecule has 0 fully saturated rings. The van der Waals surface area contributed by atoms with Crippen LogP contribution >= 0.6 is 0 Å². The summed E-state index contributed by atoms with van der Waals surface area (Å²) >= 11 is 0. The molecule has 0 aromatic heterocycles. The molecule has 0 radical (unpaired) electrons. The molecule has 6 nitrogen and oxygen atoms in total. The van der Waals surface area contributed by atoms with Gasteiger partial charge in [-0.05, 0) is 19.1 Å². The van der Waals surface area contributed by atoms with E-state index in [0.29, 0.717) is 12.4 Å². The summed E-state index contributed by atoms with van der Waals surface area (Å²) in [6.07, 6.45) is 0. The van der Waals surface area contributed by atoms with Crippen molar-refractivity contribution in [2.45, 2.75) is 11.8 Å². The van der Waals surface area contributed by atoms with Gasteiger partial charge in [0.05, 0.1) is 27.4 Å². The van der Waals surface area contributed by atoms with Gasteiger partial charge in [-0.3, -0.25) is 0 Å². The van der Waals surface area contributed by atoms with Crippen LogP contribution in [0.3, 0.4) is 0 Å². The highest BCUT2D eigenvalue weighted by atomic mass is 32.2. The van der Waals surface area contributed by atoms with Gasteiger partial charge < -0.3 is 14.2 Å². The lowest BCUT2D eigenvalue weighted by atomic mass is 10.3. The van der Waals surface area contributed by atoms with Crippen molar-refractivity contribution in [3.63, 3.8) is 0 Å². The standard InChI is InChI=1S/C14H21NO5S/c1-11(2)10-20-8-7-15-21(16,17)14-9-12(18-3)5-6-13(14)19-4/h5-6,9,15H,1,7-8,10H2,2-4H3. The minimum atomic E-state index is -3.69. The molecule has 0 atom stereocenters. The lowest BCUT2D eigenvalue weighted by Crippen LogP contribution is -2.28. The summed E-state index contributed by atoms with van der Waals surface area (Å²) in [5, 5.41) is 0. The first kappa shape index (κ1) is 17.5. The average molecular weight is 315 g/mol. The highest BCUT2D eigenvalue weighted by Crippen LogP contribution is 2.27. The summed E-state index contributed by atoms with van der Waals surface area (Å²) in [5.74, 6) is 0.695. The Morgan fingerprint density at radius 2 is 2.00 bits per heavy atom. The first-order chi connectivity index (χ1) is 9.90. The predicted molar refractivity (Wildman–Crippen MR) is 80.4 cm³/mol. The molecule has 0 saturated carbocycles. The third kappa shape index (κ3) is 5.37. The summed E-state index contributed by atoms with van der Waals surface area (Å²) in [4.78, 5) is 0.0317. The predicted octanol–water partition coefficient (Wildman–Crippen LogP) is 1.57. The van der Waals surface area contributed by atoms with Gasteiger partial charge in [0.15, 0.2) is 0 Å². The second-order valence-electron chi connectivity index (χ2n) is 4.42. The fraction of sp³-hybridized carbons (Fsp3) is 0.429. The lowest BCUT2D eigenvalue weighted by molar-refractivity contribution is 0.162. The van der Waals surface area contributed by atoms with Crippen molar-refractivity contribution in [3.8, 4) is 11.5 Å². The molecule has 1 rings (SSSR count). The van der Waals surface area contributed by atoms with Gasteiger partial charge in [0.1, 0.15) is 16.4 Å². The van der Waals surface area contributed by atoms with Crippen LogP contribution < -0.4 is 14.2 Å². The Morgan fingerprint density at radius 3 is 2.57 bits per heavy atom. The maximum atomic E-state index is 12.3. The number of methoxy groups -OCH3 is 2. The monoisotopic (exact) mass is 315 g/mol. The van der Waals surface area contributed by atoms with E-state index in [-0.39, 0.29) is 23.8 Å². The minimum Gasteiger partial charge on any atom is -0.497 e. The van der Waals surface area contributed by atoms with Crippen molar-refractivity contribution in [2.75, 3.05) is 34.0 Å². The number of nitrogens with one attached hydrogen (secondary N) is 1. The van der Waals surface area contributed by atoms with Gasteiger partial charge in [0.25, 0.3) is 0 Å². The molecule has 21 heavy (non-hydrogen) atoms. The Morgan fingerprint density at radius 1 is 1.29 bits per heavy atom. The van der Waals surface area contributed by atoms with E-state index in [2.05, 4.69) is 11.3 Å². The van der Waals surface area contributed by atoms with E-state index in [1.807, 2.05) is 6.92 Å². The summed E-state index contributed by atoms with van der Waals surface area (Å²) < 4.78 is 42.3. The van der Waals surface area contributed by atoms with Crippen molar-refractivity contribution in [1.82, 2.24) is 4.72 Å². The third-order valence-corrected chi connectivity index (χ3v) is 4.03. The number of rotatable bonds is 9. The molecule has 0 amide bonds. The molecule has 0 unspecified atom stereocenters. The van der Waals surface area contributed by atoms with Crippen molar-refractivity contribution in [1.29, 1.82) is 0 Å². The minimum absolute atomic E-state index is 0.0317. The maximum Gasteiger partial charge on any atom is 0.244 e.